The summed E-state index contributed by atoms with van der Waals surface area (Å²) >= 11 is 0. The Labute approximate surface area is 130 Å². The molecule has 0 spiro atoms. The molecular weight excluding hydrogens is 321 g/mol. The first-order valence-corrected chi connectivity index (χ1v) is 6.86. The van der Waals surface area contributed by atoms with Crippen LogP contribution in [0.2, 0.25) is 0 Å². The normalized spacial score (nSPS) is 20.5. The Kier molecular flexibility index (Phi) is 6.76. The maximum Gasteiger partial charge on any atom is 0.405 e. The van der Waals surface area contributed by atoms with E-state index in [1.807, 2.05) is 5.32 Å². The number of urea groups is 1. The maximum atomic E-state index is 12.0. The highest BCUT2D eigenvalue weighted by Crippen LogP contribution is 2.12. The summed E-state index contributed by atoms with van der Waals surface area (Å²) in [5, 5.41) is 5.80. The van der Waals surface area contributed by atoms with Crippen LogP contribution >= 0.6 is 0 Å². The molecule has 0 radical (unpaired) electrons. The average molecular weight is 340 g/mol. The molecule has 11 heteroatoms. The highest BCUT2D eigenvalue weighted by Gasteiger charge is 2.32. The predicted molar refractivity (Wildman–Crippen MR) is 72.4 cm³/mol. The number of ether oxygens (including phenoxy) is 1. The summed E-state index contributed by atoms with van der Waals surface area (Å²) in [6.07, 6.45) is -5.31. The summed E-state index contributed by atoms with van der Waals surface area (Å²) in [6.45, 7) is 0.663. The first-order chi connectivity index (χ1) is 10.6. The Morgan fingerprint density at radius 2 is 2.00 bits per heavy atom. The quantitative estimate of drug-likeness (QED) is 0.623. The van der Waals surface area contributed by atoms with Crippen molar-refractivity contribution in [2.24, 2.45) is 0 Å². The van der Waals surface area contributed by atoms with Gasteiger partial charge in [0.25, 0.3) is 0 Å². The molecule has 0 bridgehead atoms. The van der Waals surface area contributed by atoms with Crippen LogP contribution in [0.5, 0.6) is 0 Å². The zero-order chi connectivity index (χ0) is 17.6. The lowest BCUT2D eigenvalue weighted by Crippen LogP contribution is -2.56. The minimum Gasteiger partial charge on any atom is -0.366 e. The fourth-order valence-electron chi connectivity index (χ4n) is 1.95. The maximum absolute atomic E-state index is 12.0. The number of nitrogens with one attached hydrogen (secondary N) is 3. The number of rotatable bonds is 4. The van der Waals surface area contributed by atoms with Crippen molar-refractivity contribution in [2.45, 2.75) is 25.2 Å². The molecule has 0 aromatic carbocycles. The van der Waals surface area contributed by atoms with Crippen LogP contribution in [0.25, 0.3) is 0 Å². The largest absolute Gasteiger partial charge is 0.405 e. The summed E-state index contributed by atoms with van der Waals surface area (Å²) in [4.78, 5) is 36.3. The minimum absolute atomic E-state index is 0.137. The van der Waals surface area contributed by atoms with Gasteiger partial charge < -0.3 is 15.4 Å². The number of nitrogens with zero attached hydrogens (tertiary/aromatic N) is 1. The molecule has 0 aromatic heterocycles. The molecule has 1 aliphatic rings. The third-order valence-electron chi connectivity index (χ3n) is 3.25. The smallest absolute Gasteiger partial charge is 0.366 e. The van der Waals surface area contributed by atoms with Crippen molar-refractivity contribution in [3.8, 4) is 0 Å². The Morgan fingerprint density at radius 1 is 1.35 bits per heavy atom. The van der Waals surface area contributed by atoms with Gasteiger partial charge in [-0.15, -0.1) is 0 Å². The number of morpholine rings is 1. The third-order valence-corrected chi connectivity index (χ3v) is 3.25. The van der Waals surface area contributed by atoms with E-state index in [0.29, 0.717) is 6.54 Å². The number of carbonyl (C=O) groups is 3. The number of likely N-dealkylation sites (N-methyl/N-ethyl adjacent to an activating group) is 1. The second kappa shape index (κ2) is 8.11. The second-order valence-corrected chi connectivity index (χ2v) is 4.93. The molecule has 23 heavy (non-hydrogen) atoms. The van der Waals surface area contributed by atoms with E-state index in [9.17, 15) is 27.6 Å². The predicted octanol–water partition coefficient (Wildman–Crippen LogP) is -0.790. The Morgan fingerprint density at radius 3 is 2.57 bits per heavy atom. The third kappa shape index (κ3) is 6.40. The van der Waals surface area contributed by atoms with Crippen LogP contribution in [0.3, 0.4) is 0 Å². The van der Waals surface area contributed by atoms with Crippen molar-refractivity contribution in [1.29, 1.82) is 0 Å². The van der Waals surface area contributed by atoms with Gasteiger partial charge in [0.2, 0.25) is 11.8 Å². The van der Waals surface area contributed by atoms with Crippen LogP contribution in [0.4, 0.5) is 18.0 Å². The van der Waals surface area contributed by atoms with Gasteiger partial charge in [-0.3, -0.25) is 19.8 Å². The molecule has 1 fully saturated rings. The van der Waals surface area contributed by atoms with Crippen LogP contribution in [0, 0.1) is 0 Å². The molecule has 0 unspecified atom stereocenters. The molecule has 8 nitrogen and oxygen atoms in total. The summed E-state index contributed by atoms with van der Waals surface area (Å²) < 4.78 is 41.2. The van der Waals surface area contributed by atoms with Gasteiger partial charge in [-0.05, 0) is 6.92 Å². The van der Waals surface area contributed by atoms with E-state index in [4.69, 9.17) is 4.74 Å². The van der Waals surface area contributed by atoms with Crippen LogP contribution < -0.4 is 16.0 Å². The monoisotopic (exact) mass is 340 g/mol. The number of hydrogen-bond donors (Lipinski definition) is 3. The SMILES string of the molecule is CNC(=O)[C@H]1CN([C@H](C)C(=O)NC(=O)NCC(F)(F)F)CCO1. The van der Waals surface area contributed by atoms with E-state index in [2.05, 4.69) is 5.32 Å². The van der Waals surface area contributed by atoms with Gasteiger partial charge >= 0.3 is 12.2 Å². The number of halogens is 3. The van der Waals surface area contributed by atoms with Crippen LogP contribution in [0.15, 0.2) is 0 Å². The first kappa shape index (κ1) is 19.2. The number of carbonyl (C=O) groups excluding carboxylic acids is 3. The highest BCUT2D eigenvalue weighted by molar-refractivity contribution is 5.96. The number of alkyl halides is 3. The van der Waals surface area contributed by atoms with Crippen LogP contribution in [-0.2, 0) is 14.3 Å². The van der Waals surface area contributed by atoms with E-state index >= 15 is 0 Å². The fraction of sp³-hybridized carbons (Fsp3) is 0.750. The van der Waals surface area contributed by atoms with Crippen molar-refractivity contribution in [1.82, 2.24) is 20.9 Å². The first-order valence-electron chi connectivity index (χ1n) is 6.86. The molecular formula is C12H19F3N4O4. The van der Waals surface area contributed by atoms with Crippen molar-refractivity contribution in [3.63, 3.8) is 0 Å². The fourth-order valence-corrected chi connectivity index (χ4v) is 1.95. The van der Waals surface area contributed by atoms with Gasteiger partial charge in [0.1, 0.15) is 12.6 Å². The van der Waals surface area contributed by atoms with Crippen molar-refractivity contribution >= 4 is 17.8 Å². The molecule has 0 aromatic rings. The lowest BCUT2D eigenvalue weighted by molar-refractivity contribution is -0.142. The Bertz CT molecular complexity index is 458. The number of imide groups is 1. The van der Waals surface area contributed by atoms with E-state index < -0.39 is 36.8 Å². The number of hydrogen-bond acceptors (Lipinski definition) is 5. The van der Waals surface area contributed by atoms with E-state index in [-0.39, 0.29) is 19.1 Å². The average Bonchev–Trinajstić information content (AvgIpc) is 2.50. The zero-order valence-electron chi connectivity index (χ0n) is 12.7. The number of amides is 4. The van der Waals surface area contributed by atoms with Gasteiger partial charge in [0.15, 0.2) is 0 Å². The molecule has 0 saturated carbocycles. The molecule has 4 amide bonds. The van der Waals surface area contributed by atoms with Gasteiger partial charge in [-0.2, -0.15) is 13.2 Å². The molecule has 3 N–H and O–H groups in total. The standard InChI is InChI=1S/C12H19F3N4O4/c1-7(9(20)18-11(22)17-6-12(13,14)15)19-3-4-23-8(5-19)10(21)16-2/h7-8H,3-6H2,1-2H3,(H,16,21)(H2,17,18,20,22)/t7-,8-/m1/s1. The topological polar surface area (TPSA) is 99.8 Å². The van der Waals surface area contributed by atoms with Gasteiger partial charge in [0.05, 0.1) is 12.6 Å². The van der Waals surface area contributed by atoms with Crippen molar-refractivity contribution < 1.29 is 32.3 Å². The summed E-state index contributed by atoms with van der Waals surface area (Å²) in [5.74, 6) is -1.10. The van der Waals surface area contributed by atoms with E-state index in [1.165, 1.54) is 14.0 Å². The van der Waals surface area contributed by atoms with E-state index in [0.717, 1.165) is 0 Å². The van der Waals surface area contributed by atoms with Crippen molar-refractivity contribution in [2.75, 3.05) is 33.3 Å². The lowest BCUT2D eigenvalue weighted by atomic mass is 10.2. The summed E-state index contributed by atoms with van der Waals surface area (Å²) in [6, 6.07) is -2.03. The molecule has 2 atom stereocenters. The minimum atomic E-state index is -4.56. The Hall–Kier alpha value is -1.88. The summed E-state index contributed by atoms with van der Waals surface area (Å²) in [7, 11) is 1.45. The molecule has 1 saturated heterocycles. The van der Waals surface area contributed by atoms with Gasteiger partial charge in [0, 0.05) is 20.1 Å². The van der Waals surface area contributed by atoms with Gasteiger partial charge in [-0.1, -0.05) is 0 Å². The lowest BCUT2D eigenvalue weighted by Gasteiger charge is -2.35. The Balaban J connectivity index is 2.49. The zero-order valence-corrected chi connectivity index (χ0v) is 12.7. The highest BCUT2D eigenvalue weighted by atomic mass is 19.4. The van der Waals surface area contributed by atoms with E-state index in [1.54, 1.807) is 10.2 Å². The summed E-state index contributed by atoms with van der Waals surface area (Å²) in [5.41, 5.74) is 0. The van der Waals surface area contributed by atoms with Gasteiger partial charge in [-0.25, -0.2) is 4.79 Å². The molecule has 0 aliphatic carbocycles. The van der Waals surface area contributed by atoms with Crippen LogP contribution in [0.1, 0.15) is 6.92 Å². The molecule has 1 rings (SSSR count). The molecule has 132 valence electrons. The second-order valence-electron chi connectivity index (χ2n) is 4.93. The van der Waals surface area contributed by atoms with Crippen molar-refractivity contribution in [3.05, 3.63) is 0 Å². The molecule has 1 aliphatic heterocycles. The molecule has 1 heterocycles. The van der Waals surface area contributed by atoms with Crippen LogP contribution in [-0.4, -0.2) is 74.4 Å².